The zero-order valence-corrected chi connectivity index (χ0v) is 18.5. The van der Waals surface area contributed by atoms with E-state index in [1.165, 1.54) is 37.5 Å². The first-order valence-electron chi connectivity index (χ1n) is 9.73. The SMILES string of the molecule is COc1cc(/C=C(\C#N)C(=O)Nc2ccc(Cl)cc2[N+](=O)[O-])ccc1OCc1ccc(F)cc1. The molecule has 0 aliphatic heterocycles. The van der Waals surface area contributed by atoms with Gasteiger partial charge in [0, 0.05) is 11.1 Å². The van der Waals surface area contributed by atoms with Crippen LogP contribution in [0.4, 0.5) is 15.8 Å². The molecule has 3 aromatic rings. The van der Waals surface area contributed by atoms with Gasteiger partial charge in [-0.2, -0.15) is 5.26 Å². The molecule has 0 atom stereocenters. The van der Waals surface area contributed by atoms with Crippen molar-refractivity contribution in [2.75, 3.05) is 12.4 Å². The van der Waals surface area contributed by atoms with Gasteiger partial charge in [0.25, 0.3) is 11.6 Å². The van der Waals surface area contributed by atoms with Crippen LogP contribution in [0.2, 0.25) is 5.02 Å². The average Bonchev–Trinajstić information content (AvgIpc) is 2.83. The minimum atomic E-state index is -0.830. The number of amides is 1. The lowest BCUT2D eigenvalue weighted by Crippen LogP contribution is -2.14. The van der Waals surface area contributed by atoms with Gasteiger partial charge in [-0.25, -0.2) is 4.39 Å². The maximum Gasteiger partial charge on any atom is 0.294 e. The first-order chi connectivity index (χ1) is 16.3. The van der Waals surface area contributed by atoms with Gasteiger partial charge in [-0.3, -0.25) is 14.9 Å². The number of halogens is 2. The van der Waals surface area contributed by atoms with Crippen LogP contribution in [0.1, 0.15) is 11.1 Å². The normalized spacial score (nSPS) is 10.8. The predicted molar refractivity (Wildman–Crippen MR) is 124 cm³/mol. The number of nitriles is 1. The lowest BCUT2D eigenvalue weighted by molar-refractivity contribution is -0.383. The molecule has 0 aliphatic carbocycles. The maximum atomic E-state index is 13.0. The number of methoxy groups -OCH3 is 1. The van der Waals surface area contributed by atoms with Crippen LogP contribution in [-0.2, 0) is 11.4 Å². The zero-order valence-electron chi connectivity index (χ0n) is 17.7. The number of rotatable bonds is 8. The Labute approximate surface area is 198 Å². The summed E-state index contributed by atoms with van der Waals surface area (Å²) in [7, 11) is 1.44. The van der Waals surface area contributed by atoms with Crippen molar-refractivity contribution in [3.8, 4) is 17.6 Å². The number of anilines is 1. The molecule has 3 rings (SSSR count). The van der Waals surface area contributed by atoms with Crippen LogP contribution in [-0.4, -0.2) is 17.9 Å². The average molecular weight is 482 g/mol. The molecule has 8 nitrogen and oxygen atoms in total. The van der Waals surface area contributed by atoms with Crippen molar-refractivity contribution in [1.29, 1.82) is 5.26 Å². The fourth-order valence-corrected chi connectivity index (χ4v) is 3.07. The third kappa shape index (κ3) is 6.09. The molecule has 0 aliphatic rings. The number of hydrogen-bond donors (Lipinski definition) is 1. The molecule has 10 heteroatoms. The Balaban J connectivity index is 1.79. The summed E-state index contributed by atoms with van der Waals surface area (Å²) >= 11 is 5.78. The van der Waals surface area contributed by atoms with Gasteiger partial charge in [0.1, 0.15) is 29.8 Å². The van der Waals surface area contributed by atoms with Crippen LogP contribution in [0, 0.1) is 27.3 Å². The number of nitrogens with one attached hydrogen (secondary N) is 1. The second kappa shape index (κ2) is 10.9. The van der Waals surface area contributed by atoms with Crippen LogP contribution in [0.3, 0.4) is 0 Å². The van der Waals surface area contributed by atoms with Crippen molar-refractivity contribution in [3.63, 3.8) is 0 Å². The number of nitrogens with zero attached hydrogens (tertiary/aromatic N) is 2. The number of ether oxygens (including phenoxy) is 2. The van der Waals surface area contributed by atoms with E-state index in [1.807, 2.05) is 0 Å². The highest BCUT2D eigenvalue weighted by molar-refractivity contribution is 6.31. The van der Waals surface area contributed by atoms with Gasteiger partial charge in [0.05, 0.1) is 12.0 Å². The Hall–Kier alpha value is -4.42. The van der Waals surface area contributed by atoms with Crippen molar-refractivity contribution in [3.05, 3.63) is 98.3 Å². The molecule has 0 heterocycles. The second-order valence-electron chi connectivity index (χ2n) is 6.87. The van der Waals surface area contributed by atoms with Crippen LogP contribution in [0.15, 0.2) is 66.2 Å². The summed E-state index contributed by atoms with van der Waals surface area (Å²) in [5.74, 6) is -0.422. The van der Waals surface area contributed by atoms with E-state index in [9.17, 15) is 24.6 Å². The summed E-state index contributed by atoms with van der Waals surface area (Å²) in [6.07, 6.45) is 1.31. The number of nitro groups is 1. The summed E-state index contributed by atoms with van der Waals surface area (Å²) < 4.78 is 24.1. The van der Waals surface area contributed by atoms with Crippen molar-refractivity contribution in [2.45, 2.75) is 6.61 Å². The Morgan fingerprint density at radius 3 is 2.56 bits per heavy atom. The van der Waals surface area contributed by atoms with Crippen molar-refractivity contribution >= 4 is 35.0 Å². The molecule has 0 spiro atoms. The number of carbonyl (C=O) groups excluding carboxylic acids is 1. The zero-order chi connectivity index (χ0) is 24.7. The quantitative estimate of drug-likeness (QED) is 0.196. The van der Waals surface area contributed by atoms with E-state index < -0.39 is 16.5 Å². The monoisotopic (exact) mass is 481 g/mol. The molecule has 0 fully saturated rings. The van der Waals surface area contributed by atoms with Gasteiger partial charge in [-0.05, 0) is 53.6 Å². The highest BCUT2D eigenvalue weighted by Crippen LogP contribution is 2.31. The lowest BCUT2D eigenvalue weighted by atomic mass is 10.1. The van der Waals surface area contributed by atoms with Gasteiger partial charge < -0.3 is 14.8 Å². The molecule has 0 bridgehead atoms. The van der Waals surface area contributed by atoms with E-state index in [4.69, 9.17) is 21.1 Å². The van der Waals surface area contributed by atoms with Crippen molar-refractivity contribution in [1.82, 2.24) is 0 Å². The number of benzene rings is 3. The fraction of sp³-hybridized carbons (Fsp3) is 0.0833. The number of nitro benzene ring substituents is 1. The molecule has 0 radical (unpaired) electrons. The Bertz CT molecular complexity index is 1300. The largest absolute Gasteiger partial charge is 0.493 e. The number of carbonyl (C=O) groups is 1. The first-order valence-corrected chi connectivity index (χ1v) is 10.1. The molecule has 34 heavy (non-hydrogen) atoms. The summed E-state index contributed by atoms with van der Waals surface area (Å²) in [6.45, 7) is 0.178. The van der Waals surface area contributed by atoms with E-state index in [2.05, 4.69) is 5.32 Å². The molecule has 0 saturated carbocycles. The Kier molecular flexibility index (Phi) is 7.79. The molecule has 1 amide bonds. The van der Waals surface area contributed by atoms with Gasteiger partial charge in [-0.15, -0.1) is 0 Å². The molecule has 3 aromatic carbocycles. The van der Waals surface area contributed by atoms with E-state index in [1.54, 1.807) is 36.4 Å². The van der Waals surface area contributed by atoms with E-state index in [0.29, 0.717) is 17.1 Å². The molecule has 0 saturated heterocycles. The first kappa shape index (κ1) is 24.2. The fourth-order valence-electron chi connectivity index (χ4n) is 2.90. The maximum absolute atomic E-state index is 13.0. The van der Waals surface area contributed by atoms with Gasteiger partial charge in [0.15, 0.2) is 11.5 Å². The Morgan fingerprint density at radius 2 is 1.91 bits per heavy atom. The number of hydrogen-bond acceptors (Lipinski definition) is 6. The summed E-state index contributed by atoms with van der Waals surface area (Å²) in [4.78, 5) is 23.1. The van der Waals surface area contributed by atoms with E-state index in [0.717, 1.165) is 11.6 Å². The van der Waals surface area contributed by atoms with Crippen molar-refractivity contribution in [2.24, 2.45) is 0 Å². The molecular weight excluding hydrogens is 465 g/mol. The van der Waals surface area contributed by atoms with Crippen LogP contribution in [0.25, 0.3) is 6.08 Å². The smallest absolute Gasteiger partial charge is 0.294 e. The minimum Gasteiger partial charge on any atom is -0.493 e. The highest BCUT2D eigenvalue weighted by atomic mass is 35.5. The van der Waals surface area contributed by atoms with Gasteiger partial charge >= 0.3 is 0 Å². The van der Waals surface area contributed by atoms with Crippen LogP contribution in [0.5, 0.6) is 11.5 Å². The lowest BCUT2D eigenvalue weighted by Gasteiger charge is -2.12. The molecule has 172 valence electrons. The highest BCUT2D eigenvalue weighted by Gasteiger charge is 2.19. The summed E-state index contributed by atoms with van der Waals surface area (Å²) in [5.41, 5.74) is 0.437. The van der Waals surface area contributed by atoms with Crippen molar-refractivity contribution < 1.29 is 23.6 Å². The predicted octanol–water partition coefficient (Wildman–Crippen LogP) is 5.52. The minimum absolute atomic E-state index is 0.0947. The van der Waals surface area contributed by atoms with E-state index >= 15 is 0 Å². The summed E-state index contributed by atoms with van der Waals surface area (Å²) in [6, 6.07) is 16.2. The third-order valence-electron chi connectivity index (χ3n) is 4.58. The topological polar surface area (TPSA) is 114 Å². The summed E-state index contributed by atoms with van der Waals surface area (Å²) in [5, 5.41) is 23.2. The molecule has 1 N–H and O–H groups in total. The van der Waals surface area contributed by atoms with Gasteiger partial charge in [0.2, 0.25) is 0 Å². The third-order valence-corrected chi connectivity index (χ3v) is 4.81. The second-order valence-corrected chi connectivity index (χ2v) is 7.30. The molecular formula is C24H17ClFN3O5. The van der Waals surface area contributed by atoms with Crippen LogP contribution >= 0.6 is 11.6 Å². The molecule has 0 unspecified atom stereocenters. The van der Waals surface area contributed by atoms with Crippen LogP contribution < -0.4 is 14.8 Å². The standard InChI is InChI=1S/C24H17ClFN3O5/c1-33-23-11-16(4-9-22(23)34-14-15-2-6-19(26)7-3-15)10-17(13-27)24(30)28-20-8-5-18(25)12-21(20)29(31)32/h2-12H,14H2,1H3,(H,28,30)/b17-10+. The Morgan fingerprint density at radius 1 is 1.18 bits per heavy atom. The molecule has 0 aromatic heterocycles. The van der Waals surface area contributed by atoms with Gasteiger partial charge in [-0.1, -0.05) is 29.8 Å². The van der Waals surface area contributed by atoms with E-state index in [-0.39, 0.29) is 28.7 Å².